The third-order valence-corrected chi connectivity index (χ3v) is 3.96. The van der Waals surface area contributed by atoms with Crippen LogP contribution >= 0.6 is 38.5 Å². The van der Waals surface area contributed by atoms with Crippen molar-refractivity contribution in [2.24, 2.45) is 5.73 Å². The maximum Gasteiger partial charge on any atom is 0.416 e. The summed E-state index contributed by atoms with van der Waals surface area (Å²) in [7, 11) is 0. The number of benzene rings is 1. The highest BCUT2D eigenvalue weighted by atomic mass is 127. The average molecular weight is 380 g/mol. The van der Waals surface area contributed by atoms with E-state index < -0.39 is 11.7 Å². The van der Waals surface area contributed by atoms with E-state index in [1.54, 1.807) is 0 Å². The number of hydrogen-bond donors (Lipinski definition) is 1. The van der Waals surface area contributed by atoms with Crippen molar-refractivity contribution in [1.82, 2.24) is 0 Å². The number of halogens is 5. The Morgan fingerprint density at radius 1 is 1.36 bits per heavy atom. The Morgan fingerprint density at radius 3 is 2.36 bits per heavy atom. The van der Waals surface area contributed by atoms with Crippen LogP contribution in [0.3, 0.4) is 0 Å². The molecule has 0 saturated heterocycles. The van der Waals surface area contributed by atoms with Crippen molar-refractivity contribution in [2.45, 2.75) is 12.7 Å². The summed E-state index contributed by atoms with van der Waals surface area (Å²) >= 11 is 5.00. The van der Waals surface area contributed by atoms with E-state index in [2.05, 4.69) is 15.9 Å². The quantitative estimate of drug-likeness (QED) is 0.742. The third-order valence-electron chi connectivity index (χ3n) is 1.67. The van der Waals surface area contributed by atoms with Crippen LogP contribution in [0.4, 0.5) is 13.2 Å². The van der Waals surface area contributed by atoms with Crippen molar-refractivity contribution >= 4 is 38.5 Å². The van der Waals surface area contributed by atoms with Crippen LogP contribution in [0.15, 0.2) is 16.6 Å². The molecule has 0 atom stereocenters. The summed E-state index contributed by atoms with van der Waals surface area (Å²) in [6.45, 7) is -0.113. The Hall–Kier alpha value is 0.180. The molecule has 6 heteroatoms. The van der Waals surface area contributed by atoms with Gasteiger partial charge in [0.1, 0.15) is 0 Å². The molecule has 1 rings (SSSR count). The lowest BCUT2D eigenvalue weighted by Crippen LogP contribution is -2.12. The Kier molecular flexibility index (Phi) is 3.81. The van der Waals surface area contributed by atoms with Crippen molar-refractivity contribution in [3.63, 3.8) is 0 Å². The number of hydrogen-bond acceptors (Lipinski definition) is 1. The van der Waals surface area contributed by atoms with Crippen molar-refractivity contribution in [3.05, 3.63) is 31.3 Å². The summed E-state index contributed by atoms with van der Waals surface area (Å²) < 4.78 is 38.6. The molecular weight excluding hydrogens is 374 g/mol. The zero-order valence-electron chi connectivity index (χ0n) is 6.83. The van der Waals surface area contributed by atoms with Gasteiger partial charge in [-0.05, 0) is 56.2 Å². The Labute approximate surface area is 101 Å². The van der Waals surface area contributed by atoms with E-state index in [1.807, 2.05) is 22.6 Å². The monoisotopic (exact) mass is 379 g/mol. The fourth-order valence-corrected chi connectivity index (χ4v) is 1.90. The average Bonchev–Trinajstić information content (AvgIpc) is 2.07. The fourth-order valence-electron chi connectivity index (χ4n) is 1.02. The van der Waals surface area contributed by atoms with Crippen LogP contribution in [0.1, 0.15) is 11.1 Å². The topological polar surface area (TPSA) is 26.0 Å². The fraction of sp³-hybridized carbons (Fsp3) is 0.250. The number of alkyl halides is 3. The van der Waals surface area contributed by atoms with Crippen molar-refractivity contribution in [1.29, 1.82) is 0 Å². The van der Waals surface area contributed by atoms with Gasteiger partial charge >= 0.3 is 6.18 Å². The second-order valence-corrected chi connectivity index (χ2v) is 4.64. The predicted octanol–water partition coefficient (Wildman–Crippen LogP) is 3.53. The van der Waals surface area contributed by atoms with Gasteiger partial charge < -0.3 is 5.73 Å². The normalized spacial score (nSPS) is 11.9. The molecule has 0 aliphatic carbocycles. The molecule has 0 aromatic heterocycles. The van der Waals surface area contributed by atoms with Gasteiger partial charge in [-0.3, -0.25) is 0 Å². The van der Waals surface area contributed by atoms with Gasteiger partial charge in [0.25, 0.3) is 0 Å². The maximum atomic E-state index is 12.5. The number of nitrogens with two attached hydrogens (primary N) is 1. The molecule has 1 aromatic carbocycles. The Bertz CT molecular complexity index is 351. The third kappa shape index (κ3) is 2.60. The van der Waals surface area contributed by atoms with Gasteiger partial charge in [-0.25, -0.2) is 0 Å². The van der Waals surface area contributed by atoms with E-state index in [0.717, 1.165) is 9.64 Å². The van der Waals surface area contributed by atoms with Crippen LogP contribution in [0.2, 0.25) is 0 Å². The van der Waals surface area contributed by atoms with Crippen molar-refractivity contribution in [2.75, 3.05) is 0 Å². The van der Waals surface area contributed by atoms with Gasteiger partial charge in [-0.15, -0.1) is 0 Å². The van der Waals surface area contributed by atoms with Gasteiger partial charge in [-0.1, -0.05) is 0 Å². The lowest BCUT2D eigenvalue weighted by atomic mass is 10.1. The van der Waals surface area contributed by atoms with Gasteiger partial charge in [0.05, 0.1) is 5.56 Å². The molecule has 0 bridgehead atoms. The van der Waals surface area contributed by atoms with E-state index in [9.17, 15) is 13.2 Å². The maximum absolute atomic E-state index is 12.5. The molecule has 1 nitrogen and oxygen atoms in total. The van der Waals surface area contributed by atoms with E-state index in [4.69, 9.17) is 5.73 Å². The first-order chi connectivity index (χ1) is 6.36. The first-order valence-corrected chi connectivity index (χ1v) is 5.48. The second kappa shape index (κ2) is 4.36. The summed E-state index contributed by atoms with van der Waals surface area (Å²) in [6, 6.07) is 2.50. The predicted molar refractivity (Wildman–Crippen MR) is 59.8 cm³/mol. The highest BCUT2D eigenvalue weighted by Crippen LogP contribution is 2.35. The van der Waals surface area contributed by atoms with E-state index >= 15 is 0 Å². The first-order valence-electron chi connectivity index (χ1n) is 3.61. The molecule has 0 aliphatic rings. The molecule has 1 aromatic rings. The lowest BCUT2D eigenvalue weighted by Gasteiger charge is -2.12. The molecule has 0 radical (unpaired) electrons. The van der Waals surface area contributed by atoms with Gasteiger partial charge in [0.2, 0.25) is 0 Å². The lowest BCUT2D eigenvalue weighted by molar-refractivity contribution is -0.138. The van der Waals surface area contributed by atoms with Crippen LogP contribution in [-0.2, 0) is 12.7 Å². The molecule has 0 spiro atoms. The molecule has 0 unspecified atom stereocenters. The zero-order chi connectivity index (χ0) is 10.9. The van der Waals surface area contributed by atoms with Crippen molar-refractivity contribution < 1.29 is 13.2 Å². The Balaban J connectivity index is 3.35. The standard InChI is InChI=1S/C8H6BrF3IN/c9-6-2-5(8(10,11)12)4(3-14)1-7(6)13/h1-2H,3,14H2. The van der Waals surface area contributed by atoms with E-state index in [1.165, 1.54) is 6.07 Å². The SMILES string of the molecule is NCc1cc(I)c(Br)cc1C(F)(F)F. The molecule has 0 saturated carbocycles. The van der Waals surface area contributed by atoms with Gasteiger partial charge in [0.15, 0.2) is 0 Å². The number of rotatable bonds is 1. The molecule has 0 heterocycles. The van der Waals surface area contributed by atoms with Crippen LogP contribution in [0.5, 0.6) is 0 Å². The smallest absolute Gasteiger partial charge is 0.326 e. The zero-order valence-corrected chi connectivity index (χ0v) is 10.6. The van der Waals surface area contributed by atoms with Crippen LogP contribution in [0, 0.1) is 3.57 Å². The minimum Gasteiger partial charge on any atom is -0.326 e. The van der Waals surface area contributed by atoms with Crippen LogP contribution in [-0.4, -0.2) is 0 Å². The molecule has 0 aliphatic heterocycles. The summed E-state index contributed by atoms with van der Waals surface area (Å²) in [4.78, 5) is 0. The molecule has 0 amide bonds. The van der Waals surface area contributed by atoms with Gasteiger partial charge in [0, 0.05) is 14.6 Å². The highest BCUT2D eigenvalue weighted by molar-refractivity contribution is 14.1. The summed E-state index contributed by atoms with van der Waals surface area (Å²) in [5.74, 6) is 0. The summed E-state index contributed by atoms with van der Waals surface area (Å²) in [5, 5.41) is 0. The second-order valence-electron chi connectivity index (χ2n) is 2.63. The molecule has 2 N–H and O–H groups in total. The molecule has 0 fully saturated rings. The largest absolute Gasteiger partial charge is 0.416 e. The summed E-state index contributed by atoms with van der Waals surface area (Å²) in [5.41, 5.74) is 4.69. The molecular formula is C8H6BrF3IN. The summed E-state index contributed by atoms with van der Waals surface area (Å²) in [6.07, 6.45) is -4.35. The van der Waals surface area contributed by atoms with E-state index in [0.29, 0.717) is 4.47 Å². The molecule has 78 valence electrons. The molecule has 14 heavy (non-hydrogen) atoms. The highest BCUT2D eigenvalue weighted by Gasteiger charge is 2.33. The Morgan fingerprint density at radius 2 is 1.93 bits per heavy atom. The first kappa shape index (κ1) is 12.3. The van der Waals surface area contributed by atoms with Crippen LogP contribution in [0.25, 0.3) is 0 Å². The van der Waals surface area contributed by atoms with Gasteiger partial charge in [-0.2, -0.15) is 13.2 Å². The van der Waals surface area contributed by atoms with Crippen LogP contribution < -0.4 is 5.73 Å². The minimum atomic E-state index is -4.35. The van der Waals surface area contributed by atoms with E-state index in [-0.39, 0.29) is 12.1 Å². The minimum absolute atomic E-state index is 0.113. The van der Waals surface area contributed by atoms with Crippen molar-refractivity contribution in [3.8, 4) is 0 Å².